The molecule has 1 aliphatic carbocycles. The summed E-state index contributed by atoms with van der Waals surface area (Å²) in [5.41, 5.74) is 1.28. The molecule has 1 saturated carbocycles. The van der Waals surface area contributed by atoms with Gasteiger partial charge in [0.25, 0.3) is 5.92 Å². The molecule has 1 fully saturated rings. The van der Waals surface area contributed by atoms with Crippen LogP contribution in [0, 0.1) is 5.92 Å². The van der Waals surface area contributed by atoms with Crippen LogP contribution >= 0.6 is 0 Å². The maximum absolute atomic E-state index is 14.5. The van der Waals surface area contributed by atoms with Crippen LogP contribution in [0.25, 0.3) is 0 Å². The molecule has 0 spiro atoms. The summed E-state index contributed by atoms with van der Waals surface area (Å²) in [5, 5.41) is 15.6. The van der Waals surface area contributed by atoms with Gasteiger partial charge in [-0.1, -0.05) is 50.7 Å². The highest BCUT2D eigenvalue weighted by Gasteiger charge is 2.45. The topological polar surface area (TPSA) is 44.3 Å². The second kappa shape index (κ2) is 7.04. The molecule has 1 heterocycles. The number of fused-ring (bicyclic) bond motifs is 1. The minimum atomic E-state index is -2.93. The fourth-order valence-electron chi connectivity index (χ4n) is 3.81. The van der Waals surface area contributed by atoms with E-state index in [1.807, 2.05) is 6.07 Å². The Morgan fingerprint density at radius 1 is 1.04 bits per heavy atom. The van der Waals surface area contributed by atoms with E-state index < -0.39 is 18.2 Å². The Morgan fingerprint density at radius 3 is 2.39 bits per heavy atom. The molecule has 0 saturated heterocycles. The zero-order valence-electron chi connectivity index (χ0n) is 13.4. The van der Waals surface area contributed by atoms with Crippen molar-refractivity contribution in [1.29, 1.82) is 0 Å². The molecule has 0 bridgehead atoms. The first-order chi connectivity index (χ1) is 11.1. The number of anilines is 2. The van der Waals surface area contributed by atoms with Crippen LogP contribution in [0.1, 0.15) is 51.4 Å². The largest absolute Gasteiger partial charge is 0.371 e. The Labute approximate surface area is 136 Å². The third-order valence-electron chi connectivity index (χ3n) is 5.16. The molecule has 1 aromatic rings. The van der Waals surface area contributed by atoms with Gasteiger partial charge in [-0.05, 0) is 24.5 Å². The van der Waals surface area contributed by atoms with Crippen LogP contribution in [0.3, 0.4) is 0 Å². The first-order valence-electron chi connectivity index (χ1n) is 8.74. The maximum atomic E-state index is 14.5. The molecule has 3 N–H and O–H groups in total. The standard InChI is InChI=1S/C18H26F2N2O/c19-18(20,12-6-5-9-13-7-1-2-8-13)16-17(23)22-15-11-4-3-10-14(15)21-16/h3-4,10-11,13,16-17,21-23H,1-2,5-9,12H2. The smallest absolute Gasteiger partial charge is 0.272 e. The zero-order chi connectivity index (χ0) is 16.3. The van der Waals surface area contributed by atoms with E-state index in [9.17, 15) is 13.9 Å². The van der Waals surface area contributed by atoms with Gasteiger partial charge in [0.1, 0.15) is 6.04 Å². The van der Waals surface area contributed by atoms with Crippen LogP contribution in [0.2, 0.25) is 0 Å². The quantitative estimate of drug-likeness (QED) is 0.670. The van der Waals surface area contributed by atoms with Crippen LogP contribution in [0.5, 0.6) is 0 Å². The fourth-order valence-corrected chi connectivity index (χ4v) is 3.81. The van der Waals surface area contributed by atoms with Gasteiger partial charge < -0.3 is 15.7 Å². The number of alkyl halides is 2. The number of nitrogens with one attached hydrogen (secondary N) is 2. The van der Waals surface area contributed by atoms with E-state index in [1.165, 1.54) is 25.7 Å². The number of hydrogen-bond donors (Lipinski definition) is 3. The number of benzene rings is 1. The number of hydrogen-bond acceptors (Lipinski definition) is 3. The highest BCUT2D eigenvalue weighted by atomic mass is 19.3. The van der Waals surface area contributed by atoms with Gasteiger partial charge in [-0.15, -0.1) is 0 Å². The Kier molecular flexibility index (Phi) is 5.05. The van der Waals surface area contributed by atoms with Crippen molar-refractivity contribution in [3.8, 4) is 0 Å². The molecular formula is C18H26F2N2O. The molecule has 1 aromatic carbocycles. The van der Waals surface area contributed by atoms with E-state index in [-0.39, 0.29) is 6.42 Å². The van der Waals surface area contributed by atoms with Gasteiger partial charge >= 0.3 is 0 Å². The third-order valence-corrected chi connectivity index (χ3v) is 5.16. The summed E-state index contributed by atoms with van der Waals surface area (Å²) in [6, 6.07) is 5.83. The maximum Gasteiger partial charge on any atom is 0.272 e. The monoisotopic (exact) mass is 324 g/mol. The van der Waals surface area contributed by atoms with Gasteiger partial charge in [0.2, 0.25) is 0 Å². The van der Waals surface area contributed by atoms with E-state index in [2.05, 4.69) is 10.6 Å². The summed E-state index contributed by atoms with van der Waals surface area (Å²) in [5.74, 6) is -2.19. The zero-order valence-corrected chi connectivity index (χ0v) is 13.4. The van der Waals surface area contributed by atoms with Crippen molar-refractivity contribution < 1.29 is 13.9 Å². The minimum Gasteiger partial charge on any atom is -0.371 e. The fraction of sp³-hybridized carbons (Fsp3) is 0.667. The molecule has 0 radical (unpaired) electrons. The average molecular weight is 324 g/mol. The SMILES string of the molecule is OC1Nc2ccccc2NC1C(F)(F)CCCCC1CCCC1. The molecule has 2 atom stereocenters. The summed E-state index contributed by atoms with van der Waals surface area (Å²) in [6.07, 6.45) is 6.09. The Hall–Kier alpha value is -1.36. The van der Waals surface area contributed by atoms with E-state index in [4.69, 9.17) is 0 Å². The van der Waals surface area contributed by atoms with E-state index >= 15 is 0 Å². The summed E-state index contributed by atoms with van der Waals surface area (Å²) in [6.45, 7) is 0. The first-order valence-corrected chi connectivity index (χ1v) is 8.74. The molecule has 23 heavy (non-hydrogen) atoms. The van der Waals surface area contributed by atoms with Crippen molar-refractivity contribution in [2.45, 2.75) is 69.6 Å². The van der Waals surface area contributed by atoms with Gasteiger partial charge in [-0.2, -0.15) is 0 Å². The van der Waals surface area contributed by atoms with Gasteiger partial charge in [-0.3, -0.25) is 0 Å². The van der Waals surface area contributed by atoms with Crippen molar-refractivity contribution in [1.82, 2.24) is 0 Å². The second-order valence-electron chi connectivity index (χ2n) is 6.91. The Morgan fingerprint density at radius 2 is 1.70 bits per heavy atom. The predicted molar refractivity (Wildman–Crippen MR) is 88.9 cm³/mol. The molecule has 0 amide bonds. The molecule has 2 aliphatic rings. The highest BCUT2D eigenvalue weighted by Crippen LogP contribution is 2.37. The highest BCUT2D eigenvalue weighted by molar-refractivity contribution is 5.71. The van der Waals surface area contributed by atoms with E-state index in [0.29, 0.717) is 17.8 Å². The van der Waals surface area contributed by atoms with Crippen LogP contribution in [0.4, 0.5) is 20.2 Å². The van der Waals surface area contributed by atoms with Crippen LogP contribution < -0.4 is 10.6 Å². The first kappa shape index (κ1) is 16.5. The molecule has 3 rings (SSSR count). The predicted octanol–water partition coefficient (Wildman–Crippen LogP) is 4.60. The summed E-state index contributed by atoms with van der Waals surface area (Å²) >= 11 is 0. The van der Waals surface area contributed by atoms with Gasteiger partial charge in [0.15, 0.2) is 6.23 Å². The molecular weight excluding hydrogens is 298 g/mol. The van der Waals surface area contributed by atoms with Crippen molar-refractivity contribution >= 4 is 11.4 Å². The van der Waals surface area contributed by atoms with E-state index in [0.717, 1.165) is 18.8 Å². The van der Waals surface area contributed by atoms with Crippen LogP contribution in [-0.4, -0.2) is 23.3 Å². The van der Waals surface area contributed by atoms with Crippen LogP contribution in [-0.2, 0) is 0 Å². The van der Waals surface area contributed by atoms with Crippen molar-refractivity contribution in [2.24, 2.45) is 5.92 Å². The lowest BCUT2D eigenvalue weighted by Crippen LogP contribution is -2.53. The van der Waals surface area contributed by atoms with Crippen molar-refractivity contribution in [3.05, 3.63) is 24.3 Å². The molecule has 5 heteroatoms. The van der Waals surface area contributed by atoms with Crippen molar-refractivity contribution in [3.63, 3.8) is 0 Å². The molecule has 3 nitrogen and oxygen atoms in total. The normalized spacial score (nSPS) is 24.8. The number of para-hydroxylation sites is 2. The number of halogens is 2. The number of rotatable bonds is 6. The third kappa shape index (κ3) is 3.94. The minimum absolute atomic E-state index is 0.182. The number of aliphatic hydroxyl groups excluding tert-OH is 1. The van der Waals surface area contributed by atoms with Crippen molar-refractivity contribution in [2.75, 3.05) is 10.6 Å². The molecule has 0 aromatic heterocycles. The second-order valence-corrected chi connectivity index (χ2v) is 6.91. The molecule has 2 unspecified atom stereocenters. The van der Waals surface area contributed by atoms with E-state index in [1.54, 1.807) is 18.2 Å². The lowest BCUT2D eigenvalue weighted by molar-refractivity contribution is -0.0601. The van der Waals surface area contributed by atoms with Gasteiger partial charge in [-0.25, -0.2) is 8.78 Å². The van der Waals surface area contributed by atoms with Crippen LogP contribution in [0.15, 0.2) is 24.3 Å². The molecule has 128 valence electrons. The number of aliphatic hydroxyl groups is 1. The van der Waals surface area contributed by atoms with Gasteiger partial charge in [0.05, 0.1) is 11.4 Å². The number of unbranched alkanes of at least 4 members (excludes halogenated alkanes) is 1. The summed E-state index contributed by atoms with van der Waals surface area (Å²) in [4.78, 5) is 0. The Balaban J connectivity index is 1.52. The Bertz CT molecular complexity index is 517. The lowest BCUT2D eigenvalue weighted by atomic mass is 9.95. The molecule has 1 aliphatic heterocycles. The van der Waals surface area contributed by atoms with Gasteiger partial charge in [0, 0.05) is 6.42 Å². The summed E-state index contributed by atoms with van der Waals surface area (Å²) < 4.78 is 29.0. The lowest BCUT2D eigenvalue weighted by Gasteiger charge is -2.37. The summed E-state index contributed by atoms with van der Waals surface area (Å²) in [7, 11) is 0. The average Bonchev–Trinajstić information content (AvgIpc) is 3.04.